The van der Waals surface area contributed by atoms with Gasteiger partial charge in [-0.25, -0.2) is 9.78 Å². The lowest BCUT2D eigenvalue weighted by Gasteiger charge is -2.09. The van der Waals surface area contributed by atoms with Gasteiger partial charge >= 0.3 is 6.16 Å². The Morgan fingerprint density at radius 3 is 2.38 bits per heavy atom. The Morgan fingerprint density at radius 2 is 1.68 bits per heavy atom. The fraction of sp³-hybridized carbons (Fsp3) is 0.259. The first-order chi connectivity index (χ1) is 16.6. The van der Waals surface area contributed by atoms with E-state index in [4.69, 9.17) is 19.6 Å². The summed E-state index contributed by atoms with van der Waals surface area (Å²) in [5, 5.41) is 11.3. The first-order valence-electron chi connectivity index (χ1n) is 11.6. The van der Waals surface area contributed by atoms with E-state index in [1.807, 2.05) is 12.1 Å². The fourth-order valence-electron chi connectivity index (χ4n) is 4.93. The predicted molar refractivity (Wildman–Crippen MR) is 132 cm³/mol. The van der Waals surface area contributed by atoms with Crippen molar-refractivity contribution in [3.8, 4) is 22.9 Å². The van der Waals surface area contributed by atoms with Gasteiger partial charge in [0.15, 0.2) is 0 Å². The van der Waals surface area contributed by atoms with Crippen LogP contribution in [0.25, 0.3) is 44.2 Å². The summed E-state index contributed by atoms with van der Waals surface area (Å²) in [6.07, 6.45) is 1.12. The average Bonchev–Trinajstić information content (AvgIpc) is 3.51. The summed E-state index contributed by atoms with van der Waals surface area (Å²) in [7, 11) is 1.69. The molecule has 172 valence electrons. The molecule has 0 atom stereocenters. The summed E-state index contributed by atoms with van der Waals surface area (Å²) in [5.74, 6) is 2.65. The van der Waals surface area contributed by atoms with Crippen molar-refractivity contribution >= 4 is 39.0 Å². The van der Waals surface area contributed by atoms with Crippen LogP contribution in [-0.4, -0.2) is 32.5 Å². The lowest BCUT2D eigenvalue weighted by molar-refractivity contribution is 0.144. The first kappa shape index (κ1) is 20.6. The number of hydrogen-bond acceptors (Lipinski definition) is 4. The van der Waals surface area contributed by atoms with Gasteiger partial charge in [0, 0.05) is 46.5 Å². The van der Waals surface area contributed by atoms with Crippen molar-refractivity contribution in [2.24, 2.45) is 5.92 Å². The molecule has 0 bridgehead atoms. The molecule has 7 heteroatoms. The Bertz CT molecular complexity index is 1580. The number of rotatable bonds is 6. The minimum absolute atomic E-state index is 0.274. The number of hydrogen-bond donors (Lipinski definition) is 1. The molecule has 1 aliphatic rings. The molecule has 0 radical (unpaired) electrons. The van der Waals surface area contributed by atoms with Crippen molar-refractivity contribution < 1.29 is 19.4 Å². The van der Waals surface area contributed by atoms with Crippen LogP contribution in [0, 0.1) is 5.92 Å². The van der Waals surface area contributed by atoms with Crippen LogP contribution in [-0.2, 0) is 13.1 Å². The molecular formula is C27H25N3O4. The molecule has 5 aromatic rings. The van der Waals surface area contributed by atoms with E-state index in [2.05, 4.69) is 46.4 Å². The SMILES string of the molecule is CCn1c2ccc(OC)cc2c2cc(-c3nc4cc(OC(=O)O)ccc4n3CC3CC3)ccc21. The van der Waals surface area contributed by atoms with E-state index >= 15 is 0 Å². The predicted octanol–water partition coefficient (Wildman–Crippen LogP) is 6.31. The van der Waals surface area contributed by atoms with Gasteiger partial charge in [0.2, 0.25) is 0 Å². The molecular weight excluding hydrogens is 430 g/mol. The molecule has 0 saturated heterocycles. The highest BCUT2D eigenvalue weighted by atomic mass is 16.7. The molecule has 2 heterocycles. The second kappa shape index (κ2) is 7.80. The normalized spacial score (nSPS) is 13.7. The van der Waals surface area contributed by atoms with Crippen LogP contribution in [0.3, 0.4) is 0 Å². The average molecular weight is 456 g/mol. The number of ether oxygens (including phenoxy) is 2. The zero-order chi connectivity index (χ0) is 23.4. The van der Waals surface area contributed by atoms with E-state index < -0.39 is 6.16 Å². The monoisotopic (exact) mass is 455 g/mol. The molecule has 2 aromatic heterocycles. The standard InChI is InChI=1S/C27H25N3O4/c1-3-29-23-9-6-17(12-20(23)21-13-18(33-2)7-10-24(21)29)26-28-22-14-19(34-27(31)32)8-11-25(22)30(26)15-16-4-5-16/h6-14,16H,3-5,15H2,1-2H3,(H,31,32). The van der Waals surface area contributed by atoms with Crippen molar-refractivity contribution in [1.82, 2.24) is 14.1 Å². The molecule has 0 unspecified atom stereocenters. The summed E-state index contributed by atoms with van der Waals surface area (Å²) in [5.41, 5.74) is 5.10. The molecule has 0 amide bonds. The number of carbonyl (C=O) groups is 1. The van der Waals surface area contributed by atoms with Gasteiger partial charge in [0.25, 0.3) is 0 Å². The van der Waals surface area contributed by atoms with Crippen molar-refractivity contribution in [3.05, 3.63) is 54.6 Å². The lowest BCUT2D eigenvalue weighted by atomic mass is 10.1. The number of aryl methyl sites for hydroxylation is 1. The van der Waals surface area contributed by atoms with E-state index in [1.165, 1.54) is 23.9 Å². The number of nitrogens with zero attached hydrogens (tertiary/aromatic N) is 3. The maximum absolute atomic E-state index is 11.0. The maximum Gasteiger partial charge on any atom is 0.511 e. The van der Waals surface area contributed by atoms with Crippen LogP contribution < -0.4 is 9.47 Å². The highest BCUT2D eigenvalue weighted by Gasteiger charge is 2.25. The van der Waals surface area contributed by atoms with Crippen LogP contribution in [0.1, 0.15) is 19.8 Å². The molecule has 1 N–H and O–H groups in total. The largest absolute Gasteiger partial charge is 0.511 e. The minimum atomic E-state index is -1.33. The summed E-state index contributed by atoms with van der Waals surface area (Å²) in [6.45, 7) is 3.93. The molecule has 6 rings (SSSR count). The van der Waals surface area contributed by atoms with Gasteiger partial charge < -0.3 is 23.7 Å². The van der Waals surface area contributed by atoms with Gasteiger partial charge in [0.05, 0.1) is 18.1 Å². The highest BCUT2D eigenvalue weighted by molar-refractivity contribution is 6.09. The number of fused-ring (bicyclic) bond motifs is 4. The summed E-state index contributed by atoms with van der Waals surface area (Å²) in [4.78, 5) is 15.9. The Morgan fingerprint density at radius 1 is 0.971 bits per heavy atom. The molecule has 3 aromatic carbocycles. The first-order valence-corrected chi connectivity index (χ1v) is 11.6. The van der Waals surface area contributed by atoms with Crippen molar-refractivity contribution in [2.75, 3.05) is 7.11 Å². The van der Waals surface area contributed by atoms with Gasteiger partial charge in [-0.15, -0.1) is 0 Å². The van der Waals surface area contributed by atoms with Crippen molar-refractivity contribution in [3.63, 3.8) is 0 Å². The van der Waals surface area contributed by atoms with Gasteiger partial charge in [-0.2, -0.15) is 0 Å². The lowest BCUT2D eigenvalue weighted by Crippen LogP contribution is -2.03. The Hall–Kier alpha value is -4.00. The summed E-state index contributed by atoms with van der Waals surface area (Å²) < 4.78 is 14.9. The molecule has 34 heavy (non-hydrogen) atoms. The van der Waals surface area contributed by atoms with Crippen LogP contribution in [0.4, 0.5) is 4.79 Å². The van der Waals surface area contributed by atoms with Crippen LogP contribution >= 0.6 is 0 Å². The fourth-order valence-corrected chi connectivity index (χ4v) is 4.93. The molecule has 1 fully saturated rings. The van der Waals surface area contributed by atoms with Crippen LogP contribution in [0.2, 0.25) is 0 Å². The zero-order valence-corrected chi connectivity index (χ0v) is 19.1. The van der Waals surface area contributed by atoms with Crippen LogP contribution in [0.5, 0.6) is 11.5 Å². The maximum atomic E-state index is 11.0. The molecule has 1 saturated carbocycles. The van der Waals surface area contributed by atoms with Gasteiger partial charge in [0.1, 0.15) is 17.3 Å². The topological polar surface area (TPSA) is 78.5 Å². The van der Waals surface area contributed by atoms with E-state index in [9.17, 15) is 4.79 Å². The van der Waals surface area contributed by atoms with E-state index in [1.54, 1.807) is 19.2 Å². The van der Waals surface area contributed by atoms with Crippen molar-refractivity contribution in [1.29, 1.82) is 0 Å². The van der Waals surface area contributed by atoms with Crippen molar-refractivity contribution in [2.45, 2.75) is 32.9 Å². The summed E-state index contributed by atoms with van der Waals surface area (Å²) >= 11 is 0. The van der Waals surface area contributed by atoms with Gasteiger partial charge in [-0.3, -0.25) is 0 Å². The second-order valence-electron chi connectivity index (χ2n) is 8.87. The number of methoxy groups -OCH3 is 1. The number of aromatic nitrogens is 3. The quantitative estimate of drug-likeness (QED) is 0.240. The molecule has 7 nitrogen and oxygen atoms in total. The zero-order valence-electron chi connectivity index (χ0n) is 19.1. The van der Waals surface area contributed by atoms with Crippen LogP contribution in [0.15, 0.2) is 54.6 Å². The second-order valence-corrected chi connectivity index (χ2v) is 8.87. The van der Waals surface area contributed by atoms with E-state index in [-0.39, 0.29) is 5.75 Å². The van der Waals surface area contributed by atoms with Gasteiger partial charge in [-0.05, 0) is 74.2 Å². The van der Waals surface area contributed by atoms with E-state index in [0.29, 0.717) is 5.92 Å². The number of imidazole rings is 1. The smallest absolute Gasteiger partial charge is 0.497 e. The molecule has 1 aliphatic carbocycles. The third kappa shape index (κ3) is 3.36. The Balaban J connectivity index is 1.56. The highest BCUT2D eigenvalue weighted by Crippen LogP contribution is 2.38. The van der Waals surface area contributed by atoms with E-state index in [0.717, 1.165) is 52.0 Å². The van der Waals surface area contributed by atoms with Gasteiger partial charge in [-0.1, -0.05) is 0 Å². The third-order valence-corrected chi connectivity index (χ3v) is 6.71. The Kier molecular flexibility index (Phi) is 4.72. The summed E-state index contributed by atoms with van der Waals surface area (Å²) in [6, 6.07) is 18.0. The molecule has 0 spiro atoms. The third-order valence-electron chi connectivity index (χ3n) is 6.71. The minimum Gasteiger partial charge on any atom is -0.497 e. The number of carboxylic acid groups (broad SMARTS) is 1. The number of benzene rings is 3. The Labute approximate surface area is 196 Å². The molecule has 0 aliphatic heterocycles.